The van der Waals surface area contributed by atoms with Crippen molar-refractivity contribution in [2.45, 2.75) is 45.6 Å². The maximum absolute atomic E-state index is 12.1. The van der Waals surface area contributed by atoms with Crippen molar-refractivity contribution in [1.82, 2.24) is 14.7 Å². The number of rotatable bonds is 5. The molecule has 7 heteroatoms. The summed E-state index contributed by atoms with van der Waals surface area (Å²) in [4.78, 5) is 40.3. The lowest BCUT2D eigenvalue weighted by Gasteiger charge is -2.20. The van der Waals surface area contributed by atoms with Crippen molar-refractivity contribution in [3.63, 3.8) is 0 Å². The summed E-state index contributed by atoms with van der Waals surface area (Å²) in [7, 11) is 0. The van der Waals surface area contributed by atoms with E-state index < -0.39 is 5.97 Å². The van der Waals surface area contributed by atoms with Gasteiger partial charge in [-0.3, -0.25) is 18.8 Å². The zero-order valence-electron chi connectivity index (χ0n) is 14.9. The van der Waals surface area contributed by atoms with Crippen molar-refractivity contribution in [1.29, 1.82) is 0 Å². The molecule has 138 valence electrons. The van der Waals surface area contributed by atoms with E-state index in [4.69, 9.17) is 4.74 Å². The Labute approximate surface area is 151 Å². The normalized spacial score (nSPS) is 15.0. The maximum atomic E-state index is 12.1. The predicted molar refractivity (Wildman–Crippen MR) is 95.6 cm³/mol. The van der Waals surface area contributed by atoms with Gasteiger partial charge in [0.15, 0.2) is 0 Å². The highest BCUT2D eigenvalue weighted by atomic mass is 16.5. The third-order valence-electron chi connectivity index (χ3n) is 4.62. The third-order valence-corrected chi connectivity index (χ3v) is 4.62. The highest BCUT2D eigenvalue weighted by Gasteiger charge is 2.21. The first-order valence-corrected chi connectivity index (χ1v) is 8.95. The molecule has 1 N–H and O–H groups in total. The third kappa shape index (κ3) is 4.47. The van der Waals surface area contributed by atoms with Gasteiger partial charge in [0.2, 0.25) is 5.91 Å². The zero-order valence-corrected chi connectivity index (χ0v) is 14.9. The van der Waals surface area contributed by atoms with Crippen LogP contribution < -0.4 is 10.9 Å². The van der Waals surface area contributed by atoms with Crippen LogP contribution in [0.1, 0.15) is 43.4 Å². The van der Waals surface area contributed by atoms with Crippen LogP contribution in [-0.4, -0.2) is 27.8 Å². The molecule has 2 aromatic heterocycles. The Bertz CT molecular complexity index is 869. The number of aromatic nitrogens is 2. The highest BCUT2D eigenvalue weighted by Crippen LogP contribution is 2.23. The fourth-order valence-electron chi connectivity index (χ4n) is 3.21. The average molecular weight is 357 g/mol. The van der Waals surface area contributed by atoms with Gasteiger partial charge in [-0.2, -0.15) is 0 Å². The molecule has 1 aliphatic carbocycles. The van der Waals surface area contributed by atoms with E-state index in [2.05, 4.69) is 10.3 Å². The summed E-state index contributed by atoms with van der Waals surface area (Å²) in [5, 5.41) is 2.64. The molecule has 2 aromatic rings. The Morgan fingerprint density at radius 1 is 1.27 bits per heavy atom. The summed E-state index contributed by atoms with van der Waals surface area (Å²) in [6, 6.07) is 4.95. The first-order valence-electron chi connectivity index (χ1n) is 8.95. The van der Waals surface area contributed by atoms with E-state index in [0.29, 0.717) is 11.3 Å². The first-order chi connectivity index (χ1) is 12.5. The van der Waals surface area contributed by atoms with Gasteiger partial charge in [0.1, 0.15) is 18.8 Å². The standard InChI is InChI=1S/C19H23N3O4/c1-13-7-8-16-21-15(9-17(23)22(16)11-13)12-26-18(24)10-20-19(25)14-5-3-2-4-6-14/h7-9,11,14H,2-6,10,12H2,1H3,(H,20,25). The molecule has 0 saturated heterocycles. The number of aryl methyl sites for hydroxylation is 1. The van der Waals surface area contributed by atoms with Crippen LogP contribution in [0.15, 0.2) is 29.2 Å². The number of fused-ring (bicyclic) bond motifs is 1. The van der Waals surface area contributed by atoms with Gasteiger partial charge in [-0.25, -0.2) is 4.98 Å². The topological polar surface area (TPSA) is 89.8 Å². The van der Waals surface area contributed by atoms with Crippen LogP contribution in [0.4, 0.5) is 0 Å². The van der Waals surface area contributed by atoms with E-state index in [9.17, 15) is 14.4 Å². The number of carbonyl (C=O) groups excluding carboxylic acids is 2. The summed E-state index contributed by atoms with van der Waals surface area (Å²) in [5.41, 5.74) is 1.61. The van der Waals surface area contributed by atoms with Crippen LogP contribution in [-0.2, 0) is 20.9 Å². The molecule has 0 aliphatic heterocycles. The van der Waals surface area contributed by atoms with E-state index in [1.165, 1.54) is 16.9 Å². The van der Waals surface area contributed by atoms with Crippen molar-refractivity contribution in [3.05, 3.63) is 46.0 Å². The lowest BCUT2D eigenvalue weighted by Crippen LogP contribution is -2.36. The van der Waals surface area contributed by atoms with Gasteiger partial charge in [0, 0.05) is 18.2 Å². The average Bonchev–Trinajstić information content (AvgIpc) is 2.65. The molecule has 2 heterocycles. The van der Waals surface area contributed by atoms with Gasteiger partial charge in [-0.1, -0.05) is 25.3 Å². The summed E-state index contributed by atoms with van der Waals surface area (Å²) in [5.74, 6) is -0.624. The molecule has 0 unspecified atom stereocenters. The molecule has 0 bridgehead atoms. The quantitative estimate of drug-likeness (QED) is 0.824. The van der Waals surface area contributed by atoms with E-state index in [1.54, 1.807) is 12.3 Å². The number of nitrogens with zero attached hydrogens (tertiary/aromatic N) is 2. The van der Waals surface area contributed by atoms with Crippen molar-refractivity contribution in [2.75, 3.05) is 6.54 Å². The van der Waals surface area contributed by atoms with Gasteiger partial charge in [-0.15, -0.1) is 0 Å². The Morgan fingerprint density at radius 3 is 2.81 bits per heavy atom. The molecule has 0 atom stereocenters. The molecular formula is C19H23N3O4. The summed E-state index contributed by atoms with van der Waals surface area (Å²) >= 11 is 0. The van der Waals surface area contributed by atoms with Crippen LogP contribution >= 0.6 is 0 Å². The first kappa shape index (κ1) is 18.1. The molecule has 1 fully saturated rings. The minimum absolute atomic E-state index is 0.00204. The lowest BCUT2D eigenvalue weighted by molar-refractivity contribution is -0.145. The number of ether oxygens (including phenoxy) is 1. The van der Waals surface area contributed by atoms with Crippen LogP contribution in [0.25, 0.3) is 5.65 Å². The van der Waals surface area contributed by atoms with Crippen molar-refractivity contribution in [2.24, 2.45) is 5.92 Å². The number of hydrogen-bond acceptors (Lipinski definition) is 5. The minimum Gasteiger partial charge on any atom is -0.458 e. The number of amides is 1. The second-order valence-electron chi connectivity index (χ2n) is 6.73. The zero-order chi connectivity index (χ0) is 18.5. The molecule has 7 nitrogen and oxygen atoms in total. The molecular weight excluding hydrogens is 334 g/mol. The van der Waals surface area contributed by atoms with Crippen LogP contribution in [0.3, 0.4) is 0 Å². The summed E-state index contributed by atoms with van der Waals surface area (Å²) in [6.07, 6.45) is 6.76. The number of carbonyl (C=O) groups is 2. The highest BCUT2D eigenvalue weighted by molar-refractivity contribution is 5.83. The lowest BCUT2D eigenvalue weighted by atomic mass is 9.89. The van der Waals surface area contributed by atoms with Crippen LogP contribution in [0.2, 0.25) is 0 Å². The maximum Gasteiger partial charge on any atom is 0.325 e. The number of hydrogen-bond donors (Lipinski definition) is 1. The second kappa shape index (κ2) is 8.12. The number of esters is 1. The van der Waals surface area contributed by atoms with Crippen LogP contribution in [0, 0.1) is 12.8 Å². The Kier molecular flexibility index (Phi) is 5.65. The van der Waals surface area contributed by atoms with Crippen molar-refractivity contribution in [3.8, 4) is 0 Å². The van der Waals surface area contributed by atoms with E-state index in [-0.39, 0.29) is 30.5 Å². The van der Waals surface area contributed by atoms with Gasteiger partial charge in [-0.05, 0) is 31.4 Å². The van der Waals surface area contributed by atoms with E-state index >= 15 is 0 Å². The Balaban J connectivity index is 1.52. The SMILES string of the molecule is Cc1ccc2nc(COC(=O)CNC(=O)C3CCCCC3)cc(=O)n2c1. The van der Waals surface area contributed by atoms with E-state index in [1.807, 2.05) is 13.0 Å². The molecule has 26 heavy (non-hydrogen) atoms. The van der Waals surface area contributed by atoms with Crippen molar-refractivity contribution < 1.29 is 14.3 Å². The molecule has 3 rings (SSSR count). The Morgan fingerprint density at radius 2 is 2.04 bits per heavy atom. The fraction of sp³-hybridized carbons (Fsp3) is 0.474. The fourth-order valence-corrected chi connectivity index (χ4v) is 3.21. The van der Waals surface area contributed by atoms with Gasteiger partial charge in [0.05, 0.1) is 5.69 Å². The van der Waals surface area contributed by atoms with Gasteiger partial charge in [0.25, 0.3) is 5.56 Å². The minimum atomic E-state index is -0.542. The smallest absolute Gasteiger partial charge is 0.325 e. The number of nitrogens with one attached hydrogen (secondary N) is 1. The van der Waals surface area contributed by atoms with E-state index in [0.717, 1.165) is 31.2 Å². The second-order valence-corrected chi connectivity index (χ2v) is 6.73. The molecule has 0 spiro atoms. The largest absolute Gasteiger partial charge is 0.458 e. The monoisotopic (exact) mass is 357 g/mol. The molecule has 1 saturated carbocycles. The van der Waals surface area contributed by atoms with Crippen LogP contribution in [0.5, 0.6) is 0 Å². The van der Waals surface area contributed by atoms with Gasteiger partial charge < -0.3 is 10.1 Å². The molecule has 0 aromatic carbocycles. The predicted octanol–water partition coefficient (Wildman–Crippen LogP) is 1.74. The summed E-state index contributed by atoms with van der Waals surface area (Å²) in [6.45, 7) is 1.63. The van der Waals surface area contributed by atoms with Gasteiger partial charge >= 0.3 is 5.97 Å². The Hall–Kier alpha value is -2.70. The number of pyridine rings is 1. The molecule has 1 amide bonds. The molecule has 0 radical (unpaired) electrons. The molecule has 1 aliphatic rings. The summed E-state index contributed by atoms with van der Waals surface area (Å²) < 4.78 is 6.58. The van der Waals surface area contributed by atoms with Crippen molar-refractivity contribution >= 4 is 17.5 Å².